The van der Waals surface area contributed by atoms with E-state index in [-0.39, 0.29) is 5.78 Å². The zero-order valence-electron chi connectivity index (χ0n) is 11.1. The monoisotopic (exact) mass is 259 g/mol. The van der Waals surface area contributed by atoms with Crippen molar-refractivity contribution in [3.05, 3.63) is 42.0 Å². The number of nitrogens with zero attached hydrogens (tertiary/aromatic N) is 2. The van der Waals surface area contributed by atoms with E-state index in [9.17, 15) is 4.79 Å². The van der Waals surface area contributed by atoms with Crippen LogP contribution in [-0.4, -0.2) is 22.4 Å². The van der Waals surface area contributed by atoms with Crippen molar-refractivity contribution < 1.29 is 9.53 Å². The number of methoxy groups -OCH3 is 1. The molecule has 0 unspecified atom stereocenters. The van der Waals surface area contributed by atoms with Crippen LogP contribution >= 0.6 is 0 Å². The molecule has 19 heavy (non-hydrogen) atoms. The maximum Gasteiger partial charge on any atom is 0.165 e. The summed E-state index contributed by atoms with van der Waals surface area (Å²) in [6, 6.07) is 5.10. The molecule has 0 aliphatic heterocycles. The van der Waals surface area contributed by atoms with E-state index in [1.54, 1.807) is 31.5 Å². The number of hydrogen-bond donors (Lipinski definition) is 1. The standard InChI is InChI=1S/C14H17N3O2/c1-17-8-7-16-14(17)6-5-13(18)11-4-3-10(19-2)9-12(11)15/h3-4,7-9H,5-6,15H2,1-2H3. The highest BCUT2D eigenvalue weighted by Crippen LogP contribution is 2.21. The van der Waals surface area contributed by atoms with Crippen LogP contribution in [-0.2, 0) is 13.5 Å². The van der Waals surface area contributed by atoms with Crippen LogP contribution in [0.4, 0.5) is 5.69 Å². The van der Waals surface area contributed by atoms with Gasteiger partial charge in [0.2, 0.25) is 0 Å². The van der Waals surface area contributed by atoms with Crippen molar-refractivity contribution >= 4 is 11.5 Å². The minimum atomic E-state index is 0.0168. The first-order valence-corrected chi connectivity index (χ1v) is 6.04. The summed E-state index contributed by atoms with van der Waals surface area (Å²) in [6.45, 7) is 0. The SMILES string of the molecule is COc1ccc(C(=O)CCc2nccn2C)c(N)c1. The Morgan fingerprint density at radius 1 is 1.47 bits per heavy atom. The molecule has 5 nitrogen and oxygen atoms in total. The number of imidazole rings is 1. The first kappa shape index (κ1) is 13.1. The molecule has 0 saturated heterocycles. The third kappa shape index (κ3) is 2.93. The summed E-state index contributed by atoms with van der Waals surface area (Å²) in [5.74, 6) is 1.56. The van der Waals surface area contributed by atoms with Gasteiger partial charge in [-0.25, -0.2) is 4.98 Å². The first-order chi connectivity index (χ1) is 9.11. The van der Waals surface area contributed by atoms with Crippen LogP contribution in [0.5, 0.6) is 5.75 Å². The summed E-state index contributed by atoms with van der Waals surface area (Å²) in [5, 5.41) is 0. The lowest BCUT2D eigenvalue weighted by Gasteiger charge is -2.07. The van der Waals surface area contributed by atoms with E-state index >= 15 is 0 Å². The average molecular weight is 259 g/mol. The number of carbonyl (C=O) groups is 1. The molecule has 2 aromatic rings. The molecule has 0 atom stereocenters. The third-order valence-corrected chi connectivity index (χ3v) is 3.06. The van der Waals surface area contributed by atoms with Crippen molar-refractivity contribution in [2.75, 3.05) is 12.8 Å². The number of rotatable bonds is 5. The Labute approximate surface area is 112 Å². The molecule has 1 aromatic carbocycles. The van der Waals surface area contributed by atoms with Crippen LogP contribution in [0, 0.1) is 0 Å². The van der Waals surface area contributed by atoms with Crippen molar-refractivity contribution in [3.8, 4) is 5.75 Å². The van der Waals surface area contributed by atoms with Crippen molar-refractivity contribution in [1.82, 2.24) is 9.55 Å². The Hall–Kier alpha value is -2.30. The minimum absolute atomic E-state index is 0.0168. The van der Waals surface area contributed by atoms with Crippen LogP contribution in [0.1, 0.15) is 22.6 Å². The summed E-state index contributed by atoms with van der Waals surface area (Å²) >= 11 is 0. The van der Waals surface area contributed by atoms with Crippen LogP contribution < -0.4 is 10.5 Å². The number of aromatic nitrogens is 2. The molecule has 1 heterocycles. The number of anilines is 1. The summed E-state index contributed by atoms with van der Waals surface area (Å²) in [7, 11) is 3.48. The lowest BCUT2D eigenvalue weighted by molar-refractivity contribution is 0.0983. The number of aryl methyl sites for hydroxylation is 2. The van der Waals surface area contributed by atoms with E-state index in [4.69, 9.17) is 10.5 Å². The molecule has 0 spiro atoms. The largest absolute Gasteiger partial charge is 0.497 e. The number of carbonyl (C=O) groups excluding carboxylic acids is 1. The number of nitrogen functional groups attached to an aromatic ring is 1. The van der Waals surface area contributed by atoms with Crippen molar-refractivity contribution in [2.24, 2.45) is 7.05 Å². The predicted molar refractivity (Wildman–Crippen MR) is 73.3 cm³/mol. The van der Waals surface area contributed by atoms with Gasteiger partial charge in [0, 0.05) is 49.6 Å². The quantitative estimate of drug-likeness (QED) is 0.657. The van der Waals surface area contributed by atoms with Gasteiger partial charge in [-0.1, -0.05) is 0 Å². The Bertz CT molecular complexity index is 590. The topological polar surface area (TPSA) is 70.1 Å². The maximum atomic E-state index is 12.1. The Morgan fingerprint density at radius 2 is 2.26 bits per heavy atom. The molecule has 0 amide bonds. The molecule has 0 aliphatic rings. The zero-order valence-corrected chi connectivity index (χ0v) is 11.1. The molecule has 2 N–H and O–H groups in total. The van der Waals surface area contributed by atoms with Crippen LogP contribution in [0.2, 0.25) is 0 Å². The Balaban J connectivity index is 2.06. The number of Topliss-reactive ketones (excluding diaryl/α,β-unsaturated/α-hetero) is 1. The van der Waals surface area contributed by atoms with Crippen LogP contribution in [0.15, 0.2) is 30.6 Å². The number of ketones is 1. The smallest absolute Gasteiger partial charge is 0.165 e. The molecule has 0 saturated carbocycles. The van der Waals surface area contributed by atoms with Crippen molar-refractivity contribution in [1.29, 1.82) is 0 Å². The van der Waals surface area contributed by atoms with Gasteiger partial charge in [0.1, 0.15) is 11.6 Å². The van der Waals surface area contributed by atoms with Gasteiger partial charge in [-0.2, -0.15) is 0 Å². The fraction of sp³-hybridized carbons (Fsp3) is 0.286. The highest BCUT2D eigenvalue weighted by atomic mass is 16.5. The first-order valence-electron chi connectivity index (χ1n) is 6.04. The molecule has 0 radical (unpaired) electrons. The average Bonchev–Trinajstić information content (AvgIpc) is 2.81. The molecule has 5 heteroatoms. The molecule has 1 aromatic heterocycles. The highest BCUT2D eigenvalue weighted by molar-refractivity contribution is 6.01. The normalized spacial score (nSPS) is 10.4. The molecule has 0 fully saturated rings. The lowest BCUT2D eigenvalue weighted by atomic mass is 10.0. The van der Waals surface area contributed by atoms with E-state index in [1.165, 1.54) is 0 Å². The van der Waals surface area contributed by atoms with Gasteiger partial charge in [-0.15, -0.1) is 0 Å². The Kier molecular flexibility index (Phi) is 3.85. The van der Waals surface area contributed by atoms with E-state index < -0.39 is 0 Å². The maximum absolute atomic E-state index is 12.1. The van der Waals surface area contributed by atoms with E-state index in [0.717, 1.165) is 5.82 Å². The summed E-state index contributed by atoms with van der Waals surface area (Å²) < 4.78 is 6.97. The Morgan fingerprint density at radius 3 is 2.84 bits per heavy atom. The second kappa shape index (κ2) is 5.56. The number of benzene rings is 1. The van der Waals surface area contributed by atoms with Gasteiger partial charge < -0.3 is 15.0 Å². The van der Waals surface area contributed by atoms with Gasteiger partial charge in [0.15, 0.2) is 5.78 Å². The van der Waals surface area contributed by atoms with Gasteiger partial charge in [-0.3, -0.25) is 4.79 Å². The van der Waals surface area contributed by atoms with E-state index in [2.05, 4.69) is 4.98 Å². The van der Waals surface area contributed by atoms with Gasteiger partial charge in [0.25, 0.3) is 0 Å². The second-order valence-corrected chi connectivity index (χ2v) is 4.33. The zero-order chi connectivity index (χ0) is 13.8. The summed E-state index contributed by atoms with van der Waals surface area (Å²) in [5.41, 5.74) is 6.84. The molecule has 0 bridgehead atoms. The number of hydrogen-bond acceptors (Lipinski definition) is 4. The lowest BCUT2D eigenvalue weighted by Crippen LogP contribution is -2.07. The fourth-order valence-electron chi connectivity index (χ4n) is 1.92. The molecular formula is C14H17N3O2. The van der Waals surface area contributed by atoms with Gasteiger partial charge >= 0.3 is 0 Å². The molecule has 100 valence electrons. The molecular weight excluding hydrogens is 242 g/mol. The summed E-state index contributed by atoms with van der Waals surface area (Å²) in [6.07, 6.45) is 4.58. The highest BCUT2D eigenvalue weighted by Gasteiger charge is 2.12. The number of nitrogens with two attached hydrogens (primary N) is 1. The minimum Gasteiger partial charge on any atom is -0.497 e. The van der Waals surface area contributed by atoms with E-state index in [0.29, 0.717) is 29.8 Å². The predicted octanol–water partition coefficient (Wildman–Crippen LogP) is 1.83. The summed E-state index contributed by atoms with van der Waals surface area (Å²) in [4.78, 5) is 16.3. The van der Waals surface area contributed by atoms with Crippen LogP contribution in [0.25, 0.3) is 0 Å². The third-order valence-electron chi connectivity index (χ3n) is 3.06. The van der Waals surface area contributed by atoms with Gasteiger partial charge in [-0.05, 0) is 12.1 Å². The molecule has 2 rings (SSSR count). The second-order valence-electron chi connectivity index (χ2n) is 4.33. The number of ether oxygens (including phenoxy) is 1. The van der Waals surface area contributed by atoms with E-state index in [1.807, 2.05) is 17.8 Å². The van der Waals surface area contributed by atoms with Crippen molar-refractivity contribution in [3.63, 3.8) is 0 Å². The van der Waals surface area contributed by atoms with Crippen molar-refractivity contribution in [2.45, 2.75) is 12.8 Å². The van der Waals surface area contributed by atoms with Gasteiger partial charge in [0.05, 0.1) is 7.11 Å². The molecule has 0 aliphatic carbocycles. The fourth-order valence-corrected chi connectivity index (χ4v) is 1.92. The van der Waals surface area contributed by atoms with Crippen LogP contribution in [0.3, 0.4) is 0 Å².